The fraction of sp³-hybridized carbons (Fsp3) is 0.500. The second kappa shape index (κ2) is 6.25. The molecule has 0 saturated carbocycles. The zero-order valence-corrected chi connectivity index (χ0v) is 11.6. The fourth-order valence-electron chi connectivity index (χ4n) is 2.12. The summed E-state index contributed by atoms with van der Waals surface area (Å²) in [5, 5.41) is 0. The van der Waals surface area contributed by atoms with E-state index in [0.717, 1.165) is 30.0 Å². The highest BCUT2D eigenvalue weighted by molar-refractivity contribution is 7.98. The van der Waals surface area contributed by atoms with Crippen LogP contribution >= 0.6 is 11.8 Å². The number of carbonyl (C=O) groups is 1. The monoisotopic (exact) mass is 264 g/mol. The highest BCUT2D eigenvalue weighted by Crippen LogP contribution is 2.16. The number of nitrogens with zero attached hydrogens (tertiary/aromatic N) is 1. The molecule has 1 aliphatic heterocycles. The second-order valence-corrected chi connectivity index (χ2v) is 5.91. The molecular weight excluding hydrogens is 244 g/mol. The van der Waals surface area contributed by atoms with Gasteiger partial charge in [-0.25, -0.2) is 0 Å². The summed E-state index contributed by atoms with van der Waals surface area (Å²) in [5.74, 6) is 2.24. The Kier molecular flexibility index (Phi) is 4.66. The first-order valence-electron chi connectivity index (χ1n) is 6.42. The van der Waals surface area contributed by atoms with E-state index in [0.29, 0.717) is 6.54 Å². The molecule has 0 radical (unpaired) electrons. The average molecular weight is 264 g/mol. The molecule has 1 atom stereocenters. The lowest BCUT2D eigenvalue weighted by Gasteiger charge is -2.15. The Bertz CT molecular complexity index is 405. The van der Waals surface area contributed by atoms with Crippen LogP contribution in [0.2, 0.25) is 0 Å². The molecule has 1 aliphatic rings. The van der Waals surface area contributed by atoms with E-state index in [-0.39, 0.29) is 11.9 Å². The number of hydrogen-bond acceptors (Lipinski definition) is 3. The molecule has 1 aromatic carbocycles. The standard InChI is InChI=1S/C14H20N2OS/c1-2-18-10-11-3-5-12(6-4-11)14(17)16-8-7-13(15)9-16/h3-6,13H,2,7-10,15H2,1H3/t13-/m1/s1. The summed E-state index contributed by atoms with van der Waals surface area (Å²) in [6, 6.07) is 8.10. The van der Waals surface area contributed by atoms with Crippen LogP contribution in [0, 0.1) is 0 Å². The maximum atomic E-state index is 12.2. The van der Waals surface area contributed by atoms with Crippen LogP contribution in [0.4, 0.5) is 0 Å². The van der Waals surface area contributed by atoms with Gasteiger partial charge in [0.05, 0.1) is 0 Å². The molecule has 1 heterocycles. The molecule has 0 aromatic heterocycles. The van der Waals surface area contributed by atoms with Crippen molar-refractivity contribution in [3.05, 3.63) is 35.4 Å². The molecule has 0 unspecified atom stereocenters. The number of hydrogen-bond donors (Lipinski definition) is 1. The topological polar surface area (TPSA) is 46.3 Å². The third-order valence-corrected chi connectivity index (χ3v) is 4.13. The molecular formula is C14H20N2OS. The minimum Gasteiger partial charge on any atom is -0.337 e. The maximum absolute atomic E-state index is 12.2. The van der Waals surface area contributed by atoms with Gasteiger partial charge in [-0.1, -0.05) is 19.1 Å². The van der Waals surface area contributed by atoms with E-state index in [1.807, 2.05) is 40.9 Å². The van der Waals surface area contributed by atoms with Gasteiger partial charge in [0, 0.05) is 30.4 Å². The van der Waals surface area contributed by atoms with Crippen LogP contribution in [0.1, 0.15) is 29.3 Å². The van der Waals surface area contributed by atoms with Gasteiger partial charge in [-0.3, -0.25) is 4.79 Å². The van der Waals surface area contributed by atoms with Crippen LogP contribution in [0.3, 0.4) is 0 Å². The van der Waals surface area contributed by atoms with Crippen LogP contribution in [0.25, 0.3) is 0 Å². The molecule has 2 rings (SSSR count). The largest absolute Gasteiger partial charge is 0.337 e. The summed E-state index contributed by atoms with van der Waals surface area (Å²) in [6.07, 6.45) is 0.914. The van der Waals surface area contributed by atoms with E-state index in [2.05, 4.69) is 6.92 Å². The normalized spacial score (nSPS) is 19.2. The van der Waals surface area contributed by atoms with E-state index in [1.165, 1.54) is 5.56 Å². The Morgan fingerprint density at radius 1 is 1.44 bits per heavy atom. The van der Waals surface area contributed by atoms with Gasteiger partial charge in [0.2, 0.25) is 0 Å². The van der Waals surface area contributed by atoms with E-state index in [9.17, 15) is 4.79 Å². The Hall–Kier alpha value is -1.00. The lowest BCUT2D eigenvalue weighted by molar-refractivity contribution is 0.0791. The molecule has 3 nitrogen and oxygen atoms in total. The minimum absolute atomic E-state index is 0.109. The number of amides is 1. The molecule has 0 bridgehead atoms. The Morgan fingerprint density at radius 2 is 2.17 bits per heavy atom. The molecule has 0 spiro atoms. The van der Waals surface area contributed by atoms with Gasteiger partial charge >= 0.3 is 0 Å². The smallest absolute Gasteiger partial charge is 0.253 e. The SMILES string of the molecule is CCSCc1ccc(C(=O)N2CC[C@@H](N)C2)cc1. The van der Waals surface area contributed by atoms with Crippen molar-refractivity contribution in [2.45, 2.75) is 25.1 Å². The molecule has 1 aromatic rings. The lowest BCUT2D eigenvalue weighted by Crippen LogP contribution is -2.31. The summed E-state index contributed by atoms with van der Waals surface area (Å²) in [5.41, 5.74) is 7.87. The first-order chi connectivity index (χ1) is 8.70. The molecule has 1 saturated heterocycles. The first kappa shape index (κ1) is 13.4. The van der Waals surface area contributed by atoms with Gasteiger partial charge in [0.15, 0.2) is 0 Å². The van der Waals surface area contributed by atoms with Crippen molar-refractivity contribution in [2.24, 2.45) is 5.73 Å². The maximum Gasteiger partial charge on any atom is 0.253 e. The summed E-state index contributed by atoms with van der Waals surface area (Å²) >= 11 is 1.89. The van der Waals surface area contributed by atoms with Crippen molar-refractivity contribution < 1.29 is 4.79 Å². The lowest BCUT2D eigenvalue weighted by atomic mass is 10.1. The van der Waals surface area contributed by atoms with Gasteiger partial charge < -0.3 is 10.6 Å². The highest BCUT2D eigenvalue weighted by atomic mass is 32.2. The average Bonchev–Trinajstić information content (AvgIpc) is 2.83. The molecule has 1 amide bonds. The van der Waals surface area contributed by atoms with Gasteiger partial charge in [-0.05, 0) is 29.9 Å². The summed E-state index contributed by atoms with van der Waals surface area (Å²) in [6.45, 7) is 3.62. The van der Waals surface area contributed by atoms with Crippen LogP contribution in [0.5, 0.6) is 0 Å². The zero-order chi connectivity index (χ0) is 13.0. The fourth-order valence-corrected chi connectivity index (χ4v) is 2.75. The highest BCUT2D eigenvalue weighted by Gasteiger charge is 2.24. The van der Waals surface area contributed by atoms with Crippen LogP contribution < -0.4 is 5.73 Å². The number of benzene rings is 1. The number of likely N-dealkylation sites (tertiary alicyclic amines) is 1. The summed E-state index contributed by atoms with van der Waals surface area (Å²) < 4.78 is 0. The van der Waals surface area contributed by atoms with E-state index >= 15 is 0 Å². The molecule has 1 fully saturated rings. The van der Waals surface area contributed by atoms with Crippen LogP contribution in [-0.2, 0) is 5.75 Å². The zero-order valence-electron chi connectivity index (χ0n) is 10.8. The quantitative estimate of drug-likeness (QED) is 0.906. The summed E-state index contributed by atoms with van der Waals surface area (Å²) in [7, 11) is 0. The van der Waals surface area contributed by atoms with E-state index < -0.39 is 0 Å². The third-order valence-electron chi connectivity index (χ3n) is 3.19. The van der Waals surface area contributed by atoms with E-state index in [1.54, 1.807) is 0 Å². The number of nitrogens with two attached hydrogens (primary N) is 1. The summed E-state index contributed by atoms with van der Waals surface area (Å²) in [4.78, 5) is 14.0. The van der Waals surface area contributed by atoms with Gasteiger partial charge in [0.25, 0.3) is 5.91 Å². The molecule has 2 N–H and O–H groups in total. The second-order valence-electron chi connectivity index (χ2n) is 4.63. The van der Waals surface area contributed by atoms with Crippen molar-refractivity contribution in [1.82, 2.24) is 4.90 Å². The third kappa shape index (κ3) is 3.27. The molecule has 98 valence electrons. The minimum atomic E-state index is 0.109. The van der Waals surface area contributed by atoms with Crippen LogP contribution in [0.15, 0.2) is 24.3 Å². The van der Waals surface area contributed by atoms with Gasteiger partial charge in [0.1, 0.15) is 0 Å². The van der Waals surface area contributed by atoms with Gasteiger partial charge in [-0.2, -0.15) is 11.8 Å². The first-order valence-corrected chi connectivity index (χ1v) is 7.57. The Labute approximate surface area is 113 Å². The predicted octanol–water partition coefficient (Wildman–Crippen LogP) is 2.11. The Morgan fingerprint density at radius 3 is 2.72 bits per heavy atom. The van der Waals surface area contributed by atoms with Crippen molar-refractivity contribution in [2.75, 3.05) is 18.8 Å². The predicted molar refractivity (Wildman–Crippen MR) is 76.8 cm³/mol. The van der Waals surface area contributed by atoms with Crippen molar-refractivity contribution in [3.8, 4) is 0 Å². The molecule has 0 aliphatic carbocycles. The number of rotatable bonds is 4. The van der Waals surface area contributed by atoms with Crippen molar-refractivity contribution >= 4 is 17.7 Å². The Balaban J connectivity index is 1.98. The van der Waals surface area contributed by atoms with E-state index in [4.69, 9.17) is 5.73 Å². The number of thioether (sulfide) groups is 1. The molecule has 4 heteroatoms. The van der Waals surface area contributed by atoms with Crippen molar-refractivity contribution in [3.63, 3.8) is 0 Å². The molecule has 18 heavy (non-hydrogen) atoms. The van der Waals surface area contributed by atoms with Gasteiger partial charge in [-0.15, -0.1) is 0 Å². The van der Waals surface area contributed by atoms with Crippen molar-refractivity contribution in [1.29, 1.82) is 0 Å². The number of carbonyl (C=O) groups excluding carboxylic acids is 1. The van der Waals surface area contributed by atoms with Crippen LogP contribution in [-0.4, -0.2) is 35.7 Å².